The summed E-state index contributed by atoms with van der Waals surface area (Å²) in [5.74, 6) is 1.48. The van der Waals surface area contributed by atoms with E-state index >= 15 is 0 Å². The fraction of sp³-hybridized carbons (Fsp3) is 0. The maximum atomic E-state index is 6.59. The van der Waals surface area contributed by atoms with Gasteiger partial charge in [-0.1, -0.05) is 72.8 Å². The van der Waals surface area contributed by atoms with Gasteiger partial charge in [-0.15, -0.1) is 0 Å². The van der Waals surface area contributed by atoms with Crippen molar-refractivity contribution in [3.8, 4) is 33.8 Å². The minimum atomic E-state index is 0.742. The van der Waals surface area contributed by atoms with Gasteiger partial charge in [-0.3, -0.25) is 13.8 Å². The molecule has 0 bridgehead atoms. The van der Waals surface area contributed by atoms with E-state index in [0.29, 0.717) is 0 Å². The lowest BCUT2D eigenvalue weighted by molar-refractivity contribution is 0.484. The van der Waals surface area contributed by atoms with Crippen molar-refractivity contribution in [1.82, 2.24) is 23.8 Å². The number of hydrogen-bond acceptors (Lipinski definition) is 4. The predicted molar refractivity (Wildman–Crippen MR) is 189 cm³/mol. The fourth-order valence-electron chi connectivity index (χ4n) is 7.14. The van der Waals surface area contributed by atoms with Crippen molar-refractivity contribution in [2.45, 2.75) is 0 Å². The molecule has 0 unspecified atom stereocenters. The van der Waals surface area contributed by atoms with Crippen LogP contribution in [0.1, 0.15) is 0 Å². The molecule has 0 aliphatic carbocycles. The number of aromatic nitrogens is 5. The summed E-state index contributed by atoms with van der Waals surface area (Å²) in [7, 11) is 0. The first-order valence-corrected chi connectivity index (χ1v) is 15.6. The van der Waals surface area contributed by atoms with E-state index in [1.165, 1.54) is 22.1 Å². The highest BCUT2D eigenvalue weighted by Crippen LogP contribution is 2.42. The molecule has 6 nitrogen and oxygen atoms in total. The SMILES string of the molecule is c1ccc(-c2ccc(-c3ccccc3)c3c2c2ccc(Oc4ccc5c6ccncc6n6ccnc6c5c4)cc2c2nccn23)cc1. The summed E-state index contributed by atoms with van der Waals surface area (Å²) >= 11 is 0. The smallest absolute Gasteiger partial charge is 0.145 e. The van der Waals surface area contributed by atoms with E-state index in [0.717, 1.165) is 66.3 Å². The molecule has 0 saturated heterocycles. The van der Waals surface area contributed by atoms with Crippen LogP contribution in [0.3, 0.4) is 0 Å². The van der Waals surface area contributed by atoms with E-state index in [-0.39, 0.29) is 0 Å². The van der Waals surface area contributed by atoms with Gasteiger partial charge < -0.3 is 4.74 Å². The second-order valence-corrected chi connectivity index (χ2v) is 11.8. The highest BCUT2D eigenvalue weighted by Gasteiger charge is 2.19. The van der Waals surface area contributed by atoms with Crippen LogP contribution in [-0.2, 0) is 0 Å². The molecule has 5 heterocycles. The van der Waals surface area contributed by atoms with Gasteiger partial charge in [-0.05, 0) is 69.9 Å². The third-order valence-corrected chi connectivity index (χ3v) is 9.19. The Morgan fingerprint density at radius 1 is 0.489 bits per heavy atom. The highest BCUT2D eigenvalue weighted by molar-refractivity contribution is 6.20. The van der Waals surface area contributed by atoms with Gasteiger partial charge in [0.05, 0.1) is 17.2 Å². The van der Waals surface area contributed by atoms with Crippen molar-refractivity contribution in [3.05, 3.63) is 152 Å². The largest absolute Gasteiger partial charge is 0.457 e. The molecule has 0 N–H and O–H groups in total. The minimum Gasteiger partial charge on any atom is -0.457 e. The van der Waals surface area contributed by atoms with Crippen molar-refractivity contribution < 1.29 is 4.74 Å². The van der Waals surface area contributed by atoms with Crippen LogP contribution >= 0.6 is 0 Å². The zero-order valence-electron chi connectivity index (χ0n) is 25.1. The number of rotatable bonds is 4. The summed E-state index contributed by atoms with van der Waals surface area (Å²) in [6.45, 7) is 0. The van der Waals surface area contributed by atoms with E-state index in [1.54, 1.807) is 0 Å². The Balaban J connectivity index is 1.19. The molecule has 10 rings (SSSR count). The van der Waals surface area contributed by atoms with Gasteiger partial charge in [0.15, 0.2) is 0 Å². The van der Waals surface area contributed by atoms with Crippen LogP contribution in [-0.4, -0.2) is 23.8 Å². The maximum absolute atomic E-state index is 6.59. The van der Waals surface area contributed by atoms with Gasteiger partial charge in [0, 0.05) is 58.1 Å². The fourth-order valence-corrected chi connectivity index (χ4v) is 7.14. The van der Waals surface area contributed by atoms with E-state index < -0.39 is 0 Å². The minimum absolute atomic E-state index is 0.742. The first-order valence-electron chi connectivity index (χ1n) is 15.6. The van der Waals surface area contributed by atoms with Crippen molar-refractivity contribution in [2.75, 3.05) is 0 Å². The molecular weight excluding hydrogens is 578 g/mol. The van der Waals surface area contributed by atoms with Crippen LogP contribution in [0.4, 0.5) is 0 Å². The molecule has 0 amide bonds. The standard InChI is InChI=1S/C41H25N5O/c1-3-7-26(8-4-1)30-15-16-31(27-9-5-2-6-10-27)39-38(30)34-14-12-29(24-36(34)41-44-20-22-46(39)41)47-28-11-13-32-33-17-18-42-25-37(33)45-21-19-43-40(45)35(32)23-28/h1-25H. The Labute approximate surface area is 268 Å². The average Bonchev–Trinajstić information content (AvgIpc) is 3.84. The molecule has 0 aliphatic heterocycles. The number of pyridine rings is 3. The zero-order chi connectivity index (χ0) is 30.9. The van der Waals surface area contributed by atoms with Gasteiger partial charge >= 0.3 is 0 Å². The third kappa shape index (κ3) is 3.88. The third-order valence-electron chi connectivity index (χ3n) is 9.19. The number of benzene rings is 5. The lowest BCUT2D eigenvalue weighted by atomic mass is 9.91. The van der Waals surface area contributed by atoms with E-state index in [9.17, 15) is 0 Å². The molecule has 0 spiro atoms. The monoisotopic (exact) mass is 603 g/mol. The molecule has 47 heavy (non-hydrogen) atoms. The lowest BCUT2D eigenvalue weighted by Gasteiger charge is -2.17. The molecule has 0 radical (unpaired) electrons. The van der Waals surface area contributed by atoms with Crippen LogP contribution in [0.25, 0.3) is 76.9 Å². The Bertz CT molecular complexity index is 2820. The Morgan fingerprint density at radius 3 is 1.85 bits per heavy atom. The zero-order valence-corrected chi connectivity index (χ0v) is 25.1. The van der Waals surface area contributed by atoms with Crippen LogP contribution < -0.4 is 4.74 Å². The summed E-state index contributed by atoms with van der Waals surface area (Å²) in [6, 6.07) is 40.3. The van der Waals surface area contributed by atoms with E-state index in [2.05, 4.69) is 128 Å². The Kier molecular flexibility index (Phi) is 5.48. The number of nitrogens with zero attached hydrogens (tertiary/aromatic N) is 5. The van der Waals surface area contributed by atoms with Crippen LogP contribution in [0.15, 0.2) is 152 Å². The molecule has 220 valence electrons. The topological polar surface area (TPSA) is 56.7 Å². The highest BCUT2D eigenvalue weighted by atomic mass is 16.5. The summed E-state index contributed by atoms with van der Waals surface area (Å²) in [5.41, 5.74) is 8.59. The summed E-state index contributed by atoms with van der Waals surface area (Å²) < 4.78 is 10.9. The molecule has 0 atom stereocenters. The van der Waals surface area contributed by atoms with Gasteiger partial charge in [0.2, 0.25) is 0 Å². The second kappa shape index (κ2) is 9.99. The van der Waals surface area contributed by atoms with Gasteiger partial charge in [0.25, 0.3) is 0 Å². The quantitative estimate of drug-likeness (QED) is 0.188. The molecule has 6 heteroatoms. The van der Waals surface area contributed by atoms with Crippen molar-refractivity contribution >= 4 is 54.6 Å². The van der Waals surface area contributed by atoms with Crippen molar-refractivity contribution in [2.24, 2.45) is 0 Å². The van der Waals surface area contributed by atoms with Gasteiger partial charge in [0.1, 0.15) is 22.8 Å². The van der Waals surface area contributed by atoms with Crippen molar-refractivity contribution in [1.29, 1.82) is 0 Å². The number of hydrogen-bond donors (Lipinski definition) is 0. The molecule has 0 aliphatic rings. The summed E-state index contributed by atoms with van der Waals surface area (Å²) in [5, 5.41) is 6.58. The van der Waals surface area contributed by atoms with E-state index in [1.807, 2.05) is 43.1 Å². The molecule has 0 saturated carbocycles. The van der Waals surface area contributed by atoms with E-state index in [4.69, 9.17) is 9.72 Å². The lowest BCUT2D eigenvalue weighted by Crippen LogP contribution is -1.96. The second-order valence-electron chi connectivity index (χ2n) is 11.8. The normalized spacial score (nSPS) is 11.8. The number of ether oxygens (including phenoxy) is 1. The summed E-state index contributed by atoms with van der Waals surface area (Å²) in [4.78, 5) is 13.9. The molecule has 5 aromatic heterocycles. The average molecular weight is 604 g/mol. The Morgan fingerprint density at radius 2 is 1.11 bits per heavy atom. The maximum Gasteiger partial charge on any atom is 0.145 e. The van der Waals surface area contributed by atoms with Crippen molar-refractivity contribution in [3.63, 3.8) is 0 Å². The molecular formula is C41H25N5O. The molecule has 10 aromatic rings. The van der Waals surface area contributed by atoms with Crippen LogP contribution in [0.5, 0.6) is 11.5 Å². The molecule has 0 fully saturated rings. The number of imidazole rings is 2. The predicted octanol–water partition coefficient (Wildman–Crippen LogP) is 10.1. The first kappa shape index (κ1) is 25.8. The molecule has 5 aromatic carbocycles. The van der Waals surface area contributed by atoms with Crippen LogP contribution in [0.2, 0.25) is 0 Å². The number of fused-ring (bicyclic) bond motifs is 12. The van der Waals surface area contributed by atoms with Gasteiger partial charge in [-0.25, -0.2) is 9.97 Å². The van der Waals surface area contributed by atoms with Gasteiger partial charge in [-0.2, -0.15) is 0 Å². The van der Waals surface area contributed by atoms with Crippen LogP contribution in [0, 0.1) is 0 Å². The Hall–Kier alpha value is -6.53. The first-order chi connectivity index (χ1) is 23.3. The summed E-state index contributed by atoms with van der Waals surface area (Å²) in [6.07, 6.45) is 11.5.